The van der Waals surface area contributed by atoms with Crippen LogP contribution in [0.4, 0.5) is 11.4 Å². The van der Waals surface area contributed by atoms with Crippen molar-refractivity contribution in [1.82, 2.24) is 10.2 Å². The summed E-state index contributed by atoms with van der Waals surface area (Å²) in [6, 6.07) is 168. The molecule has 0 spiro atoms. The van der Waals surface area contributed by atoms with Crippen LogP contribution in [0.3, 0.4) is 0 Å². The maximum atomic E-state index is 13.3. The standard InChI is InChI=1S/C24H19ClN4O.C21H16Cl2N2O.4C18H15P.C10H16BNO2.Pd/c1-29-22-9-8-19(25)12-20(22)23(18-13-26-27-14-18)28-21(24(29)30)11-15-6-7-16-4-2-3-5-17(16)10-15;1-25-19-9-8-16(22)12-17(19)20(23)24-18(21(25)26)11-13-6-7-14-4-2-3-5-15(14)10-13;4*1-4-10-16(11-5-1)19(17-12-6-2-7-13-17)18-14-8-3-9-15-18;1-9(2)10(3,4)14-11(13-9)8-5-6-12-7-8;/h2-10,12-14,21H,11H2,1H3,(H,26,27);2-10,12,18H,11H2,1H3;4*1-15H;5,7H,6H2,1-4H3;. The van der Waals surface area contributed by atoms with Gasteiger partial charge < -0.3 is 19.1 Å². The minimum absolute atomic E-state index is 0. The third-order valence-corrected chi connectivity index (χ3v) is 36.1. The molecular weight excluding hydrogens is 2030 g/mol. The predicted molar refractivity (Wildman–Crippen MR) is 627 cm³/mol. The number of halogens is 3. The Hall–Kier alpha value is -13.4. The molecule has 1 N–H and O–H groups in total. The Morgan fingerprint density at radius 3 is 0.891 bits per heavy atom. The quantitative estimate of drug-likeness (QED) is 0.0677. The Bertz CT molecular complexity index is 6750. The summed E-state index contributed by atoms with van der Waals surface area (Å²) in [6.07, 6.45) is 8.38. The van der Waals surface area contributed by atoms with Gasteiger partial charge in [-0.15, -0.1) is 0 Å². The fourth-order valence-corrected chi connectivity index (χ4v) is 27.3. The molecule has 732 valence electrons. The molecule has 18 aromatic carbocycles. The monoisotopic (exact) mass is 2140 g/mol. The average molecular weight is 2150 g/mol. The van der Waals surface area contributed by atoms with Gasteiger partial charge in [0.1, 0.15) is 17.3 Å². The van der Waals surface area contributed by atoms with Gasteiger partial charge in [-0.25, -0.2) is 0 Å². The minimum Gasteiger partial charge on any atom is -0.399 e. The number of fused-ring (bicyclic) bond motifs is 4. The van der Waals surface area contributed by atoms with Crippen molar-refractivity contribution in [3.05, 3.63) is 547 Å². The smallest absolute Gasteiger partial charge is 0.399 e. The van der Waals surface area contributed by atoms with E-state index in [-0.39, 0.29) is 50.6 Å². The number of hydrogen-bond acceptors (Lipinski definition) is 8. The van der Waals surface area contributed by atoms with Crippen LogP contribution in [0.2, 0.25) is 10.0 Å². The van der Waals surface area contributed by atoms with Crippen molar-refractivity contribution in [1.29, 1.82) is 0 Å². The van der Waals surface area contributed by atoms with Crippen molar-refractivity contribution in [2.45, 2.75) is 63.8 Å². The maximum Gasteiger partial charge on any atom is 0.496 e. The van der Waals surface area contributed by atoms with E-state index < -0.39 is 43.8 Å². The summed E-state index contributed by atoms with van der Waals surface area (Å²) in [6.45, 7) is 8.97. The van der Waals surface area contributed by atoms with Crippen LogP contribution in [0.15, 0.2) is 524 Å². The molecule has 2 atom stereocenters. The number of likely N-dealkylation sites (N-methyl/N-ethyl adjacent to an activating group) is 2. The third-order valence-electron chi connectivity index (χ3n) is 25.5. The van der Waals surface area contributed by atoms with E-state index in [0.29, 0.717) is 45.0 Å². The van der Waals surface area contributed by atoms with Crippen molar-refractivity contribution in [3.8, 4) is 0 Å². The van der Waals surface area contributed by atoms with Crippen LogP contribution in [-0.2, 0) is 52.2 Å². The Labute approximate surface area is 897 Å². The zero-order valence-electron chi connectivity index (χ0n) is 82.4. The zero-order valence-corrected chi connectivity index (χ0v) is 89.8. The number of allylic oxidation sites excluding steroid dienone is 1. The fraction of sp³-hybridized carbons (Fsp3) is 0.102. The number of aliphatic imine (C=N–C) groups is 3. The Kier molecular flexibility index (Phi) is 37.8. The molecule has 4 aliphatic heterocycles. The van der Waals surface area contributed by atoms with Crippen molar-refractivity contribution in [2.75, 3.05) is 30.4 Å². The number of H-pyrrole nitrogens is 1. The van der Waals surface area contributed by atoms with Gasteiger partial charge in [-0.05, 0) is 198 Å². The van der Waals surface area contributed by atoms with Gasteiger partial charge in [-0.1, -0.05) is 490 Å². The molecule has 1 aromatic heterocycles. The minimum atomic E-state index is -0.570. The summed E-state index contributed by atoms with van der Waals surface area (Å²) >= 11 is 18.8. The van der Waals surface area contributed by atoms with E-state index in [1.807, 2.05) is 54.8 Å². The molecular formula is C127H111BCl3N7O4P4Pd. The van der Waals surface area contributed by atoms with Crippen LogP contribution in [-0.4, -0.2) is 90.2 Å². The molecule has 147 heavy (non-hydrogen) atoms. The Morgan fingerprint density at radius 1 is 0.340 bits per heavy atom. The molecule has 1 fully saturated rings. The SMILES string of the molecule is CC1(C)OB(C2=CCN=C2)OC1(C)C.CN1C(=O)C(Cc2ccc3ccccc3c2)N=C(Cl)c2cc(Cl)ccc21.CN1C(=O)C(Cc2ccc3ccccc3c2)N=C(c2cn[nH]c2)c2cc(Cl)ccc21.[Pd].c1ccc(P(c2ccccc2)c2ccccc2)cc1.c1ccc(P(c2ccccc2)c2ccccc2)cc1.c1ccc(P(c2ccccc2)c2ccccc2)cc1.c1ccc(P(c2ccccc2)c2ccccc2)cc1. The summed E-state index contributed by atoms with van der Waals surface area (Å²) in [5, 5.41) is 29.8. The largest absolute Gasteiger partial charge is 0.496 e. The first-order chi connectivity index (χ1) is 71.3. The number of anilines is 2. The normalized spacial score (nSPS) is 14.5. The second-order valence-electron chi connectivity index (χ2n) is 36.0. The van der Waals surface area contributed by atoms with Crippen molar-refractivity contribution in [2.24, 2.45) is 15.0 Å². The number of aromatic amines is 1. The van der Waals surface area contributed by atoms with Gasteiger partial charge in [0.05, 0.1) is 41.0 Å². The number of carbonyl (C=O) groups is 2. The molecule has 0 radical (unpaired) electrons. The number of benzodiazepines with no additional fused rings is 2. The number of carbonyl (C=O) groups excluding carboxylic acids is 2. The molecule has 23 rings (SSSR count). The third kappa shape index (κ3) is 27.7. The van der Waals surface area contributed by atoms with Gasteiger partial charge in [0.25, 0.3) is 11.8 Å². The van der Waals surface area contributed by atoms with E-state index in [9.17, 15) is 9.59 Å². The van der Waals surface area contributed by atoms with E-state index in [1.54, 1.807) is 60.6 Å². The van der Waals surface area contributed by atoms with Crippen molar-refractivity contribution < 1.29 is 39.3 Å². The van der Waals surface area contributed by atoms with Crippen LogP contribution >= 0.6 is 66.5 Å². The van der Waals surface area contributed by atoms with Crippen LogP contribution in [0.1, 0.15) is 55.5 Å². The number of hydrogen-bond donors (Lipinski definition) is 1. The summed E-state index contributed by atoms with van der Waals surface area (Å²) in [7, 11) is 1.50. The molecule has 0 aliphatic carbocycles. The Morgan fingerprint density at radius 2 is 0.612 bits per heavy atom. The summed E-state index contributed by atoms with van der Waals surface area (Å²) in [5.41, 5.74) is 7.19. The van der Waals surface area contributed by atoms with Gasteiger partial charge in [0.15, 0.2) is 0 Å². The zero-order chi connectivity index (χ0) is 101. The van der Waals surface area contributed by atoms with E-state index in [1.165, 1.54) is 74.4 Å². The topological polar surface area (TPSA) is 125 Å². The summed E-state index contributed by atoms with van der Waals surface area (Å²) in [4.78, 5) is 43.1. The number of rotatable bonds is 18. The number of nitrogens with one attached hydrogen (secondary N) is 1. The van der Waals surface area contributed by atoms with E-state index in [2.05, 4.69) is 466 Å². The van der Waals surface area contributed by atoms with Crippen molar-refractivity contribution >= 4 is 199 Å². The summed E-state index contributed by atoms with van der Waals surface area (Å²) in [5.74, 6) is -0.136. The molecule has 1 saturated heterocycles. The molecule has 5 heterocycles. The Balaban J connectivity index is 0.000000124. The van der Waals surface area contributed by atoms with Gasteiger partial charge in [0.2, 0.25) is 0 Å². The number of benzene rings is 18. The average Bonchev–Trinajstić information content (AvgIpc) is 1.61. The van der Waals surface area contributed by atoms with Gasteiger partial charge in [-0.3, -0.25) is 29.7 Å². The first-order valence-electron chi connectivity index (χ1n) is 48.6. The second-order valence-corrected chi connectivity index (χ2v) is 46.1. The van der Waals surface area contributed by atoms with Crippen LogP contribution in [0, 0.1) is 0 Å². The molecule has 2 amide bonds. The molecule has 4 aliphatic rings. The van der Waals surface area contributed by atoms with Crippen LogP contribution in [0.25, 0.3) is 21.5 Å². The van der Waals surface area contributed by atoms with E-state index >= 15 is 0 Å². The first-order valence-corrected chi connectivity index (χ1v) is 55.1. The molecule has 0 saturated carbocycles. The van der Waals surface area contributed by atoms with Gasteiger partial charge in [0, 0.05) is 86.5 Å². The number of aromatic nitrogens is 2. The maximum absolute atomic E-state index is 13.3. The van der Waals surface area contributed by atoms with Crippen molar-refractivity contribution in [3.63, 3.8) is 0 Å². The summed E-state index contributed by atoms with van der Waals surface area (Å²) < 4.78 is 11.7. The van der Waals surface area contributed by atoms with E-state index in [4.69, 9.17) is 49.1 Å². The van der Waals surface area contributed by atoms with Crippen LogP contribution < -0.4 is 73.5 Å². The molecule has 19 aromatic rings. The van der Waals surface area contributed by atoms with Gasteiger partial charge >= 0.3 is 7.12 Å². The second kappa shape index (κ2) is 52.3. The molecule has 0 bridgehead atoms. The molecule has 20 heteroatoms. The fourth-order valence-electron chi connectivity index (χ4n) is 17.5. The van der Waals surface area contributed by atoms with Crippen LogP contribution in [0.5, 0.6) is 0 Å². The molecule has 11 nitrogen and oxygen atoms in total. The predicted octanol–water partition coefficient (Wildman–Crippen LogP) is 25.1. The number of nitrogens with zero attached hydrogens (tertiary/aromatic N) is 6. The van der Waals surface area contributed by atoms with Gasteiger partial charge in [-0.2, -0.15) is 5.10 Å². The first kappa shape index (κ1) is 106. The van der Waals surface area contributed by atoms with E-state index in [0.717, 1.165) is 50.7 Å². The molecule has 2 unspecified atom stereocenters. The number of amides is 2.